The number of aromatic amines is 1. The van der Waals surface area contributed by atoms with Gasteiger partial charge in [0.15, 0.2) is 0 Å². The van der Waals surface area contributed by atoms with Gasteiger partial charge in [0.1, 0.15) is 17.3 Å². The van der Waals surface area contributed by atoms with E-state index in [9.17, 15) is 9.59 Å². The van der Waals surface area contributed by atoms with Crippen LogP contribution >= 0.6 is 11.8 Å². The van der Waals surface area contributed by atoms with Gasteiger partial charge >= 0.3 is 0 Å². The molecule has 0 spiro atoms. The van der Waals surface area contributed by atoms with Crippen molar-refractivity contribution in [1.82, 2.24) is 9.97 Å². The highest BCUT2D eigenvalue weighted by Crippen LogP contribution is 2.14. The number of nitrogens with zero attached hydrogens (tertiary/aromatic N) is 1. The summed E-state index contributed by atoms with van der Waals surface area (Å²) in [7, 11) is 0. The summed E-state index contributed by atoms with van der Waals surface area (Å²) in [6, 6.07) is 7.19. The van der Waals surface area contributed by atoms with Crippen LogP contribution in [-0.2, 0) is 5.75 Å². The van der Waals surface area contributed by atoms with E-state index < -0.39 is 5.91 Å². The van der Waals surface area contributed by atoms with E-state index >= 15 is 0 Å². The quantitative estimate of drug-likeness (QED) is 0.744. The summed E-state index contributed by atoms with van der Waals surface area (Å²) >= 11 is 1.50. The number of amides is 1. The van der Waals surface area contributed by atoms with Gasteiger partial charge in [-0.25, -0.2) is 4.98 Å². The second-order valence-corrected chi connectivity index (χ2v) is 4.88. The van der Waals surface area contributed by atoms with E-state index in [2.05, 4.69) is 15.3 Å². The number of rotatable bonds is 4. The van der Waals surface area contributed by atoms with Crippen LogP contribution in [0.15, 0.2) is 35.1 Å². The van der Waals surface area contributed by atoms with Crippen molar-refractivity contribution in [3.63, 3.8) is 0 Å². The number of aromatic nitrogens is 2. The molecule has 0 aliphatic rings. The van der Waals surface area contributed by atoms with Gasteiger partial charge in [0, 0.05) is 11.8 Å². The molecule has 0 aliphatic carbocycles. The summed E-state index contributed by atoms with van der Waals surface area (Å²) in [5.41, 5.74) is 0.215. The lowest BCUT2D eigenvalue weighted by Gasteiger charge is -2.05. The zero-order valence-electron chi connectivity index (χ0n) is 10.7. The van der Waals surface area contributed by atoms with Crippen LogP contribution in [0.1, 0.15) is 16.3 Å². The first kappa shape index (κ1) is 14.1. The number of hydrogen-bond acceptors (Lipinski definition) is 5. The smallest absolute Gasteiger partial charge is 0.274 e. The van der Waals surface area contributed by atoms with Crippen molar-refractivity contribution in [2.75, 3.05) is 11.6 Å². The second-order valence-electron chi connectivity index (χ2n) is 4.01. The van der Waals surface area contributed by atoms with E-state index in [1.807, 2.05) is 6.26 Å². The van der Waals surface area contributed by atoms with Gasteiger partial charge in [0.25, 0.3) is 11.5 Å². The molecule has 0 radical (unpaired) electrons. The minimum Gasteiger partial charge on any atom is -0.508 e. The van der Waals surface area contributed by atoms with Crippen LogP contribution in [0, 0.1) is 0 Å². The summed E-state index contributed by atoms with van der Waals surface area (Å²) in [5.74, 6) is 0.625. The Morgan fingerprint density at radius 3 is 2.75 bits per heavy atom. The summed E-state index contributed by atoms with van der Waals surface area (Å²) in [5, 5.41) is 11.8. The van der Waals surface area contributed by atoms with Crippen molar-refractivity contribution in [2.24, 2.45) is 0 Å². The predicted molar refractivity (Wildman–Crippen MR) is 78.1 cm³/mol. The van der Waals surface area contributed by atoms with Crippen molar-refractivity contribution in [2.45, 2.75) is 5.75 Å². The molecule has 1 aromatic carbocycles. The van der Waals surface area contributed by atoms with Crippen LogP contribution in [-0.4, -0.2) is 27.2 Å². The van der Waals surface area contributed by atoms with Crippen molar-refractivity contribution in [3.8, 4) is 5.75 Å². The number of carbonyl (C=O) groups is 1. The molecule has 0 atom stereocenters. The average Bonchev–Trinajstić information content (AvgIpc) is 2.41. The van der Waals surface area contributed by atoms with Crippen LogP contribution < -0.4 is 10.9 Å². The Labute approximate surface area is 119 Å². The number of phenols is 1. The minimum atomic E-state index is -0.468. The Morgan fingerprint density at radius 2 is 2.10 bits per heavy atom. The Hall–Kier alpha value is -2.28. The van der Waals surface area contributed by atoms with Gasteiger partial charge in [-0.2, -0.15) is 11.8 Å². The molecular formula is C13H13N3O3S. The van der Waals surface area contributed by atoms with Gasteiger partial charge in [-0.15, -0.1) is 0 Å². The van der Waals surface area contributed by atoms with Gasteiger partial charge in [-0.05, 0) is 30.5 Å². The van der Waals surface area contributed by atoms with Gasteiger partial charge < -0.3 is 15.4 Å². The van der Waals surface area contributed by atoms with Gasteiger partial charge in [-0.3, -0.25) is 9.59 Å². The van der Waals surface area contributed by atoms with Crippen LogP contribution in [0.2, 0.25) is 0 Å². The SMILES string of the molecule is CSCc1nc(C(=O)Nc2ccc(O)cc2)cc(=O)[nH]1. The molecule has 0 unspecified atom stereocenters. The number of benzene rings is 1. The van der Waals surface area contributed by atoms with Crippen molar-refractivity contribution in [3.05, 3.63) is 52.2 Å². The fraction of sp³-hybridized carbons (Fsp3) is 0.154. The highest BCUT2D eigenvalue weighted by Gasteiger charge is 2.10. The lowest BCUT2D eigenvalue weighted by atomic mass is 10.3. The molecule has 3 N–H and O–H groups in total. The topological polar surface area (TPSA) is 95.1 Å². The molecule has 1 heterocycles. The number of phenolic OH excluding ortho intramolecular Hbond substituents is 1. The van der Waals surface area contributed by atoms with E-state index in [1.54, 1.807) is 12.1 Å². The third-order valence-electron chi connectivity index (χ3n) is 2.43. The fourth-order valence-electron chi connectivity index (χ4n) is 1.57. The number of hydrogen-bond donors (Lipinski definition) is 3. The lowest BCUT2D eigenvalue weighted by molar-refractivity contribution is 0.102. The molecular weight excluding hydrogens is 278 g/mol. The molecule has 0 saturated carbocycles. The number of H-pyrrole nitrogens is 1. The molecule has 104 valence electrons. The first-order chi connectivity index (χ1) is 9.58. The average molecular weight is 291 g/mol. The molecule has 0 saturated heterocycles. The van der Waals surface area contributed by atoms with Gasteiger partial charge in [0.2, 0.25) is 0 Å². The van der Waals surface area contributed by atoms with E-state index in [-0.39, 0.29) is 17.0 Å². The summed E-state index contributed by atoms with van der Waals surface area (Å²) in [4.78, 5) is 30.2. The van der Waals surface area contributed by atoms with Crippen LogP contribution in [0.3, 0.4) is 0 Å². The fourth-order valence-corrected chi connectivity index (χ4v) is 1.98. The lowest BCUT2D eigenvalue weighted by Crippen LogP contribution is -2.20. The van der Waals surface area contributed by atoms with Crippen LogP contribution in [0.5, 0.6) is 5.75 Å². The maximum Gasteiger partial charge on any atom is 0.274 e. The second kappa shape index (κ2) is 6.25. The number of anilines is 1. The monoisotopic (exact) mass is 291 g/mol. The normalized spacial score (nSPS) is 10.2. The highest BCUT2D eigenvalue weighted by atomic mass is 32.2. The number of carbonyl (C=O) groups excluding carboxylic acids is 1. The predicted octanol–water partition coefficient (Wildman–Crippen LogP) is 1.59. The van der Waals surface area contributed by atoms with Crippen molar-refractivity contribution in [1.29, 1.82) is 0 Å². The largest absolute Gasteiger partial charge is 0.508 e. The maximum atomic E-state index is 12.0. The zero-order valence-corrected chi connectivity index (χ0v) is 11.5. The number of thioether (sulfide) groups is 1. The van der Waals surface area contributed by atoms with Crippen molar-refractivity contribution >= 4 is 23.4 Å². The van der Waals surface area contributed by atoms with E-state index in [1.165, 1.54) is 23.9 Å². The highest BCUT2D eigenvalue weighted by molar-refractivity contribution is 7.97. The third kappa shape index (κ3) is 3.61. The molecule has 7 heteroatoms. The first-order valence-electron chi connectivity index (χ1n) is 5.78. The Balaban J connectivity index is 2.20. The molecule has 0 fully saturated rings. The molecule has 0 aliphatic heterocycles. The number of nitrogens with one attached hydrogen (secondary N) is 2. The molecule has 2 aromatic rings. The Bertz CT molecular complexity index is 667. The van der Waals surface area contributed by atoms with Gasteiger partial charge in [-0.1, -0.05) is 0 Å². The molecule has 0 bridgehead atoms. The molecule has 6 nitrogen and oxygen atoms in total. The molecule has 1 amide bonds. The van der Waals surface area contributed by atoms with E-state index in [4.69, 9.17) is 5.11 Å². The van der Waals surface area contributed by atoms with Crippen LogP contribution in [0.25, 0.3) is 0 Å². The standard InChI is InChI=1S/C13H13N3O3S/c1-20-7-11-15-10(6-12(18)16-11)13(19)14-8-2-4-9(17)5-3-8/h2-6,17H,7H2,1H3,(H,14,19)(H,15,16,18). The molecule has 2 rings (SSSR count). The summed E-state index contributed by atoms with van der Waals surface area (Å²) < 4.78 is 0. The summed E-state index contributed by atoms with van der Waals surface area (Å²) in [6.45, 7) is 0. The summed E-state index contributed by atoms with van der Waals surface area (Å²) in [6.07, 6.45) is 1.88. The molecule has 20 heavy (non-hydrogen) atoms. The third-order valence-corrected chi connectivity index (χ3v) is 2.99. The maximum absolute atomic E-state index is 12.0. The number of aromatic hydroxyl groups is 1. The van der Waals surface area contributed by atoms with E-state index in [0.717, 1.165) is 6.07 Å². The van der Waals surface area contributed by atoms with Crippen molar-refractivity contribution < 1.29 is 9.90 Å². The minimum absolute atomic E-state index is 0.0610. The zero-order chi connectivity index (χ0) is 14.5. The van der Waals surface area contributed by atoms with Crippen LogP contribution in [0.4, 0.5) is 5.69 Å². The first-order valence-corrected chi connectivity index (χ1v) is 7.17. The molecule has 1 aromatic heterocycles. The Kier molecular flexibility index (Phi) is 4.41. The van der Waals surface area contributed by atoms with Gasteiger partial charge in [0.05, 0.1) is 5.75 Å². The van der Waals surface area contributed by atoms with E-state index in [0.29, 0.717) is 17.3 Å². The Morgan fingerprint density at radius 1 is 1.40 bits per heavy atom.